The molecule has 182 valence electrons. The summed E-state index contributed by atoms with van der Waals surface area (Å²) in [6, 6.07) is 6.42. The van der Waals surface area contributed by atoms with Crippen LogP contribution in [0.1, 0.15) is 5.56 Å². The number of anilines is 1. The lowest BCUT2D eigenvalue weighted by molar-refractivity contribution is -0.140. The van der Waals surface area contributed by atoms with E-state index in [0.29, 0.717) is 25.3 Å². The Morgan fingerprint density at radius 1 is 0.848 bits per heavy atom. The van der Waals surface area contributed by atoms with Gasteiger partial charge >= 0.3 is 17.9 Å². The summed E-state index contributed by atoms with van der Waals surface area (Å²) in [5.41, 5.74) is 7.02. The number of carbonyl (C=O) groups is 4. The largest absolute Gasteiger partial charge is 0.480 e. The lowest BCUT2D eigenvalue weighted by Crippen LogP contribution is -2.53. The van der Waals surface area contributed by atoms with Crippen LogP contribution < -0.4 is 11.1 Å². The van der Waals surface area contributed by atoms with Gasteiger partial charge in [-0.1, -0.05) is 12.1 Å². The zero-order valence-corrected chi connectivity index (χ0v) is 18.4. The van der Waals surface area contributed by atoms with E-state index >= 15 is 0 Å². The van der Waals surface area contributed by atoms with Gasteiger partial charge in [0.15, 0.2) is 0 Å². The van der Waals surface area contributed by atoms with Crippen molar-refractivity contribution in [2.24, 2.45) is 0 Å². The molecule has 6 N–H and O–H groups in total. The normalized spacial score (nSPS) is 18.6. The van der Waals surface area contributed by atoms with Gasteiger partial charge in [0.2, 0.25) is 5.91 Å². The molecule has 0 bridgehead atoms. The van der Waals surface area contributed by atoms with Crippen LogP contribution in [0.15, 0.2) is 24.3 Å². The smallest absolute Gasteiger partial charge is 0.317 e. The molecule has 1 aromatic rings. The van der Waals surface area contributed by atoms with Gasteiger partial charge in [0.05, 0.1) is 26.1 Å². The van der Waals surface area contributed by atoms with Crippen LogP contribution in [0.5, 0.6) is 0 Å². The molecule has 0 aliphatic carbocycles. The van der Waals surface area contributed by atoms with Gasteiger partial charge in [0.25, 0.3) is 0 Å². The summed E-state index contributed by atoms with van der Waals surface area (Å²) in [4.78, 5) is 51.4. The molecule has 1 aliphatic rings. The molecule has 0 spiro atoms. The van der Waals surface area contributed by atoms with Crippen molar-refractivity contribution in [2.45, 2.75) is 12.5 Å². The Morgan fingerprint density at radius 3 is 2.00 bits per heavy atom. The minimum Gasteiger partial charge on any atom is -0.480 e. The van der Waals surface area contributed by atoms with Crippen molar-refractivity contribution in [1.29, 1.82) is 0 Å². The number of carboxylic acids is 3. The van der Waals surface area contributed by atoms with Gasteiger partial charge in [-0.2, -0.15) is 0 Å². The number of nitrogens with two attached hydrogens (primary N) is 1. The summed E-state index contributed by atoms with van der Waals surface area (Å²) >= 11 is 0. The Hall–Kier alpha value is -3.22. The number of hydrogen-bond donors (Lipinski definition) is 5. The molecule has 1 unspecified atom stereocenters. The van der Waals surface area contributed by atoms with E-state index in [-0.39, 0.29) is 51.6 Å². The van der Waals surface area contributed by atoms with E-state index in [1.165, 1.54) is 0 Å². The molecule has 33 heavy (non-hydrogen) atoms. The molecular formula is C21H31N5O7. The Balaban J connectivity index is 2.13. The lowest BCUT2D eigenvalue weighted by atomic mass is 10.1. The maximum absolute atomic E-state index is 12.5. The van der Waals surface area contributed by atoms with E-state index in [1.54, 1.807) is 39.0 Å². The molecule has 1 fully saturated rings. The first-order valence-corrected chi connectivity index (χ1v) is 10.6. The maximum Gasteiger partial charge on any atom is 0.317 e. The summed E-state index contributed by atoms with van der Waals surface area (Å²) in [7, 11) is 0. The second-order valence-corrected chi connectivity index (χ2v) is 8.04. The van der Waals surface area contributed by atoms with Crippen molar-refractivity contribution in [1.82, 2.24) is 20.0 Å². The third-order valence-electron chi connectivity index (χ3n) is 5.36. The monoisotopic (exact) mass is 465 g/mol. The highest BCUT2D eigenvalue weighted by Gasteiger charge is 2.28. The molecule has 1 saturated heterocycles. The summed E-state index contributed by atoms with van der Waals surface area (Å²) in [6.07, 6.45) is 0.122. The first kappa shape index (κ1) is 26.0. The second-order valence-electron chi connectivity index (χ2n) is 8.04. The van der Waals surface area contributed by atoms with Gasteiger partial charge in [-0.05, 0) is 17.7 Å². The number of hydrogen-bond acceptors (Lipinski definition) is 8. The van der Waals surface area contributed by atoms with Crippen LogP contribution in [0.3, 0.4) is 0 Å². The van der Waals surface area contributed by atoms with Crippen LogP contribution in [-0.4, -0.2) is 119 Å². The number of rotatable bonds is 10. The third kappa shape index (κ3) is 9.85. The van der Waals surface area contributed by atoms with E-state index < -0.39 is 23.9 Å². The molecule has 1 aromatic carbocycles. The van der Waals surface area contributed by atoms with Gasteiger partial charge in [-0.3, -0.25) is 33.9 Å². The number of nitrogen functional groups attached to an aromatic ring is 1. The highest BCUT2D eigenvalue weighted by Crippen LogP contribution is 2.09. The zero-order valence-electron chi connectivity index (χ0n) is 18.4. The molecular weight excluding hydrogens is 434 g/mol. The maximum atomic E-state index is 12.5. The van der Waals surface area contributed by atoms with Crippen molar-refractivity contribution >= 4 is 29.5 Å². The summed E-state index contributed by atoms with van der Waals surface area (Å²) < 4.78 is 0. The van der Waals surface area contributed by atoms with E-state index in [2.05, 4.69) is 5.32 Å². The molecule has 12 nitrogen and oxygen atoms in total. The summed E-state index contributed by atoms with van der Waals surface area (Å²) in [5.74, 6) is -3.39. The molecule has 2 rings (SSSR count). The number of carboxylic acid groups (broad SMARTS) is 3. The number of aliphatic carboxylic acids is 3. The quantitative estimate of drug-likeness (QED) is 0.253. The van der Waals surface area contributed by atoms with Crippen molar-refractivity contribution in [3.8, 4) is 0 Å². The molecule has 0 saturated carbocycles. The number of amides is 1. The topological polar surface area (TPSA) is 177 Å². The average Bonchev–Trinajstić information content (AvgIpc) is 2.78. The number of nitrogens with zero attached hydrogens (tertiary/aromatic N) is 3. The predicted octanol–water partition coefficient (Wildman–Crippen LogP) is -1.53. The van der Waals surface area contributed by atoms with Crippen molar-refractivity contribution in [3.63, 3.8) is 0 Å². The first-order chi connectivity index (χ1) is 15.6. The molecule has 1 atom stereocenters. The molecule has 1 heterocycles. The van der Waals surface area contributed by atoms with Crippen molar-refractivity contribution in [2.75, 3.05) is 64.6 Å². The minimum atomic E-state index is -1.07. The molecule has 0 aromatic heterocycles. The Labute approximate surface area is 191 Å². The lowest BCUT2D eigenvalue weighted by Gasteiger charge is -2.33. The van der Waals surface area contributed by atoms with E-state index in [1.807, 2.05) is 0 Å². The fourth-order valence-corrected chi connectivity index (χ4v) is 3.73. The SMILES string of the molecule is Nc1ccc(CC(=O)NCC2CN(CC(=O)O)CCN(CC(=O)O)CCN2CC(=O)O)cc1. The molecule has 12 heteroatoms. The van der Waals surface area contributed by atoms with Crippen LogP contribution in [0.4, 0.5) is 5.69 Å². The van der Waals surface area contributed by atoms with Gasteiger partial charge in [0.1, 0.15) is 0 Å². The van der Waals surface area contributed by atoms with E-state index in [0.717, 1.165) is 5.56 Å². The molecule has 1 amide bonds. The van der Waals surface area contributed by atoms with Crippen LogP contribution in [0.2, 0.25) is 0 Å². The van der Waals surface area contributed by atoms with Gasteiger partial charge < -0.3 is 26.4 Å². The highest BCUT2D eigenvalue weighted by atomic mass is 16.4. The standard InChI is InChI=1S/C21H31N5O7/c22-16-3-1-15(2-4-16)9-18(27)23-10-17-11-25(13-20(30)31)6-5-24(12-19(28)29)7-8-26(17)14-21(32)33/h1-4,17H,5-14,22H2,(H,23,27)(H,28,29)(H,30,31)(H,32,33). The van der Waals surface area contributed by atoms with E-state index in [9.17, 15) is 29.4 Å². The fraction of sp³-hybridized carbons (Fsp3) is 0.524. The second kappa shape index (κ2) is 12.7. The van der Waals surface area contributed by atoms with Crippen LogP contribution in [0.25, 0.3) is 0 Å². The van der Waals surface area contributed by atoms with Gasteiger partial charge in [-0.25, -0.2) is 0 Å². The molecule has 1 aliphatic heterocycles. The Bertz CT molecular complexity index is 833. The number of carbonyl (C=O) groups excluding carboxylic acids is 1. The van der Waals surface area contributed by atoms with Crippen molar-refractivity contribution in [3.05, 3.63) is 29.8 Å². The van der Waals surface area contributed by atoms with Crippen LogP contribution >= 0.6 is 0 Å². The van der Waals surface area contributed by atoms with Crippen LogP contribution in [-0.2, 0) is 25.6 Å². The summed E-state index contributed by atoms with van der Waals surface area (Å²) in [6.45, 7) is 0.698. The van der Waals surface area contributed by atoms with Gasteiger partial charge in [-0.15, -0.1) is 0 Å². The summed E-state index contributed by atoms with van der Waals surface area (Å²) in [5, 5.41) is 30.6. The van der Waals surface area contributed by atoms with Crippen LogP contribution in [0, 0.1) is 0 Å². The number of nitrogens with one attached hydrogen (secondary N) is 1. The minimum absolute atomic E-state index is 0.121. The molecule has 0 radical (unpaired) electrons. The fourth-order valence-electron chi connectivity index (χ4n) is 3.73. The number of benzene rings is 1. The van der Waals surface area contributed by atoms with Crippen molar-refractivity contribution < 1.29 is 34.5 Å². The Morgan fingerprint density at radius 2 is 1.39 bits per heavy atom. The Kier molecular flexibility index (Phi) is 10.0. The zero-order chi connectivity index (χ0) is 24.4. The predicted molar refractivity (Wildman–Crippen MR) is 119 cm³/mol. The van der Waals surface area contributed by atoms with E-state index in [4.69, 9.17) is 10.8 Å². The first-order valence-electron chi connectivity index (χ1n) is 10.6. The third-order valence-corrected chi connectivity index (χ3v) is 5.36. The average molecular weight is 466 g/mol. The van der Waals surface area contributed by atoms with Gasteiger partial charge in [0, 0.05) is 51.0 Å². The highest BCUT2D eigenvalue weighted by molar-refractivity contribution is 5.78.